The minimum atomic E-state index is -0.987. The van der Waals surface area contributed by atoms with Crippen LogP contribution in [0.25, 0.3) is 0 Å². The monoisotopic (exact) mass is 365 g/mol. The van der Waals surface area contributed by atoms with Crippen molar-refractivity contribution in [2.75, 3.05) is 0 Å². The Balaban J connectivity index is 1.55. The van der Waals surface area contributed by atoms with Gasteiger partial charge in [-0.15, -0.1) is 0 Å². The van der Waals surface area contributed by atoms with Crippen molar-refractivity contribution in [2.45, 2.75) is 37.9 Å². The third-order valence-electron chi connectivity index (χ3n) is 4.89. The Hall–Kier alpha value is -2.99. The van der Waals surface area contributed by atoms with E-state index >= 15 is 0 Å². The highest BCUT2D eigenvalue weighted by Gasteiger charge is 2.40. The fourth-order valence-electron chi connectivity index (χ4n) is 3.50. The van der Waals surface area contributed by atoms with Crippen LogP contribution in [0.4, 0.5) is 0 Å². The molecular formula is C21H19NO5. The number of carbonyl (C=O) groups excluding carboxylic acids is 3. The van der Waals surface area contributed by atoms with E-state index < -0.39 is 23.9 Å². The average molecular weight is 365 g/mol. The Morgan fingerprint density at radius 2 is 1.44 bits per heavy atom. The lowest BCUT2D eigenvalue weighted by atomic mass is 10.1. The number of nitrogens with zero attached hydrogens (tertiary/aromatic N) is 1. The molecule has 1 saturated carbocycles. The molecule has 0 aromatic heterocycles. The summed E-state index contributed by atoms with van der Waals surface area (Å²) < 4.78 is 5.99. The van der Waals surface area contributed by atoms with E-state index in [-0.39, 0.29) is 17.2 Å². The van der Waals surface area contributed by atoms with E-state index in [4.69, 9.17) is 9.57 Å². The maximum atomic E-state index is 12.8. The molecule has 138 valence electrons. The third kappa shape index (κ3) is 3.36. The summed E-state index contributed by atoms with van der Waals surface area (Å²) in [5, 5.41) is 0.529. The normalized spacial score (nSPS) is 17.9. The molecule has 1 heterocycles. The number of amides is 2. The van der Waals surface area contributed by atoms with Gasteiger partial charge in [-0.05, 0) is 30.5 Å². The first-order valence-corrected chi connectivity index (χ1v) is 9.05. The van der Waals surface area contributed by atoms with Gasteiger partial charge in [0, 0.05) is 0 Å². The fraction of sp³-hybridized carbons (Fsp3) is 0.286. The lowest BCUT2D eigenvalue weighted by Crippen LogP contribution is -2.35. The minimum Gasteiger partial charge on any atom is -0.358 e. The average Bonchev–Trinajstić information content (AvgIpc) is 3.30. The number of carbonyl (C=O) groups is 3. The summed E-state index contributed by atoms with van der Waals surface area (Å²) in [6, 6.07) is 15.4. The standard InChI is InChI=1S/C21H19NO5/c23-19-16-12-6-7-13-17(16)20(24)22(19)27-21(25)18(14-8-2-1-3-9-14)26-15-10-4-5-11-15/h1-3,6-9,12-13,15,18H,4-5,10-11H2. The summed E-state index contributed by atoms with van der Waals surface area (Å²) >= 11 is 0. The van der Waals surface area contributed by atoms with Crippen LogP contribution in [0.15, 0.2) is 54.6 Å². The summed E-state index contributed by atoms with van der Waals surface area (Å²) in [7, 11) is 0. The highest BCUT2D eigenvalue weighted by Crippen LogP contribution is 2.30. The molecule has 2 aliphatic rings. The molecule has 0 spiro atoms. The second-order valence-electron chi connectivity index (χ2n) is 6.69. The first-order chi connectivity index (χ1) is 13.1. The van der Waals surface area contributed by atoms with Crippen molar-refractivity contribution in [1.29, 1.82) is 0 Å². The third-order valence-corrected chi connectivity index (χ3v) is 4.89. The number of hydrogen-bond donors (Lipinski definition) is 0. The quantitative estimate of drug-likeness (QED) is 0.759. The van der Waals surface area contributed by atoms with Crippen molar-refractivity contribution in [2.24, 2.45) is 0 Å². The predicted octanol–water partition coefficient (Wildman–Crippen LogP) is 3.44. The first kappa shape index (κ1) is 17.4. The molecule has 0 saturated heterocycles. The number of hydrogen-bond acceptors (Lipinski definition) is 5. The van der Waals surface area contributed by atoms with Crippen LogP contribution in [-0.4, -0.2) is 29.0 Å². The molecule has 0 N–H and O–H groups in total. The van der Waals surface area contributed by atoms with E-state index in [1.54, 1.807) is 36.4 Å². The Morgan fingerprint density at radius 3 is 2.04 bits per heavy atom. The highest BCUT2D eigenvalue weighted by molar-refractivity contribution is 6.20. The Labute approximate surface area is 156 Å². The summed E-state index contributed by atoms with van der Waals surface area (Å²) in [5.41, 5.74) is 1.08. The second kappa shape index (κ2) is 7.32. The van der Waals surface area contributed by atoms with E-state index in [1.165, 1.54) is 12.1 Å². The van der Waals surface area contributed by atoms with Gasteiger partial charge in [0.15, 0.2) is 6.10 Å². The molecule has 1 atom stereocenters. The topological polar surface area (TPSA) is 72.9 Å². The molecule has 27 heavy (non-hydrogen) atoms. The Morgan fingerprint density at radius 1 is 0.889 bits per heavy atom. The van der Waals surface area contributed by atoms with Crippen LogP contribution in [0, 0.1) is 0 Å². The molecule has 4 rings (SSSR count). The van der Waals surface area contributed by atoms with Crippen LogP contribution in [0.5, 0.6) is 0 Å². The van der Waals surface area contributed by atoms with Crippen molar-refractivity contribution < 1.29 is 24.0 Å². The van der Waals surface area contributed by atoms with Gasteiger partial charge in [0.25, 0.3) is 11.8 Å². The van der Waals surface area contributed by atoms with E-state index in [9.17, 15) is 14.4 Å². The molecule has 0 bridgehead atoms. The van der Waals surface area contributed by atoms with Crippen molar-refractivity contribution in [3.05, 3.63) is 71.3 Å². The number of fused-ring (bicyclic) bond motifs is 1. The van der Waals surface area contributed by atoms with Gasteiger partial charge in [0.1, 0.15) is 0 Å². The largest absolute Gasteiger partial charge is 0.366 e. The smallest absolute Gasteiger partial charge is 0.358 e. The number of hydroxylamine groups is 2. The maximum Gasteiger partial charge on any atom is 0.366 e. The summed E-state index contributed by atoms with van der Waals surface area (Å²) in [4.78, 5) is 42.9. The summed E-state index contributed by atoms with van der Waals surface area (Å²) in [6.07, 6.45) is 2.84. The molecule has 1 aliphatic heterocycles. The zero-order valence-corrected chi connectivity index (χ0v) is 14.7. The van der Waals surface area contributed by atoms with Crippen LogP contribution in [0.3, 0.4) is 0 Å². The second-order valence-corrected chi connectivity index (χ2v) is 6.69. The molecule has 6 nitrogen and oxygen atoms in total. The SMILES string of the molecule is O=C(ON1C(=O)c2ccccc2C1=O)C(OC1CCCC1)c1ccccc1. The van der Waals surface area contributed by atoms with Gasteiger partial charge < -0.3 is 9.57 Å². The number of imide groups is 1. The van der Waals surface area contributed by atoms with Crippen LogP contribution in [-0.2, 0) is 14.4 Å². The molecule has 1 unspecified atom stereocenters. The van der Waals surface area contributed by atoms with Crippen molar-refractivity contribution in [3.8, 4) is 0 Å². The summed E-state index contributed by atoms with van der Waals surface area (Å²) in [5.74, 6) is -2.06. The van der Waals surface area contributed by atoms with E-state index in [0.717, 1.165) is 25.7 Å². The first-order valence-electron chi connectivity index (χ1n) is 9.05. The summed E-state index contributed by atoms with van der Waals surface area (Å²) in [6.45, 7) is 0. The molecule has 0 radical (unpaired) electrons. The highest BCUT2D eigenvalue weighted by atomic mass is 16.7. The van der Waals surface area contributed by atoms with Crippen LogP contribution < -0.4 is 0 Å². The van der Waals surface area contributed by atoms with Gasteiger partial charge in [-0.1, -0.05) is 60.4 Å². The van der Waals surface area contributed by atoms with Gasteiger partial charge in [-0.2, -0.15) is 0 Å². The zero-order chi connectivity index (χ0) is 18.8. The van der Waals surface area contributed by atoms with E-state index in [0.29, 0.717) is 10.6 Å². The lowest BCUT2D eigenvalue weighted by Gasteiger charge is -2.22. The molecule has 6 heteroatoms. The number of benzene rings is 2. The van der Waals surface area contributed by atoms with Crippen LogP contribution in [0.1, 0.15) is 58.1 Å². The fourth-order valence-corrected chi connectivity index (χ4v) is 3.50. The van der Waals surface area contributed by atoms with Crippen molar-refractivity contribution in [3.63, 3.8) is 0 Å². The zero-order valence-electron chi connectivity index (χ0n) is 14.7. The van der Waals surface area contributed by atoms with Gasteiger partial charge in [0.2, 0.25) is 0 Å². The molecule has 1 fully saturated rings. The van der Waals surface area contributed by atoms with Gasteiger partial charge >= 0.3 is 5.97 Å². The van der Waals surface area contributed by atoms with Gasteiger partial charge in [-0.3, -0.25) is 9.59 Å². The molecule has 2 amide bonds. The Kier molecular flexibility index (Phi) is 4.73. The predicted molar refractivity (Wildman–Crippen MR) is 95.6 cm³/mol. The molecule has 2 aromatic rings. The minimum absolute atomic E-state index is 0.0371. The van der Waals surface area contributed by atoms with Crippen LogP contribution in [0.2, 0.25) is 0 Å². The van der Waals surface area contributed by atoms with Gasteiger partial charge in [0.05, 0.1) is 17.2 Å². The van der Waals surface area contributed by atoms with Crippen LogP contribution >= 0.6 is 0 Å². The van der Waals surface area contributed by atoms with Crippen molar-refractivity contribution >= 4 is 17.8 Å². The maximum absolute atomic E-state index is 12.8. The van der Waals surface area contributed by atoms with Gasteiger partial charge in [-0.25, -0.2) is 4.79 Å². The Bertz CT molecular complexity index is 838. The van der Waals surface area contributed by atoms with E-state index in [2.05, 4.69) is 0 Å². The molecule has 1 aliphatic carbocycles. The van der Waals surface area contributed by atoms with E-state index in [1.807, 2.05) is 6.07 Å². The lowest BCUT2D eigenvalue weighted by molar-refractivity contribution is -0.185. The number of ether oxygens (including phenoxy) is 1. The molecule has 2 aromatic carbocycles. The van der Waals surface area contributed by atoms with Crippen molar-refractivity contribution in [1.82, 2.24) is 5.06 Å². The molecular weight excluding hydrogens is 346 g/mol. The number of rotatable bonds is 5.